The summed E-state index contributed by atoms with van der Waals surface area (Å²) in [7, 11) is 0. The van der Waals surface area contributed by atoms with Crippen molar-refractivity contribution in [3.63, 3.8) is 0 Å². The Labute approximate surface area is 116 Å². The molecule has 1 aliphatic rings. The lowest BCUT2D eigenvalue weighted by Gasteiger charge is -2.22. The molecule has 0 radical (unpaired) electrons. The van der Waals surface area contributed by atoms with Gasteiger partial charge in [-0.1, -0.05) is 30.3 Å². The highest BCUT2D eigenvalue weighted by atomic mass is 16.2. The monoisotopic (exact) mass is 256 g/mol. The van der Waals surface area contributed by atoms with Crippen molar-refractivity contribution in [3.8, 4) is 0 Å². The number of primary amides is 1. The van der Waals surface area contributed by atoms with Gasteiger partial charge in [-0.25, -0.2) is 4.79 Å². The van der Waals surface area contributed by atoms with E-state index in [2.05, 4.69) is 0 Å². The van der Waals surface area contributed by atoms with E-state index in [0.29, 0.717) is 0 Å². The highest BCUT2D eigenvalue weighted by Gasteiger charge is 2.27. The molecule has 2 aromatic rings. The minimum atomic E-state index is -2.32. The van der Waals surface area contributed by atoms with Crippen LogP contribution in [0.2, 0.25) is 2.82 Å². The van der Waals surface area contributed by atoms with Gasteiger partial charge in [-0.3, -0.25) is 9.69 Å². The predicted octanol–water partition coefficient (Wildman–Crippen LogP) is 2.64. The zero-order valence-electron chi connectivity index (χ0n) is 13.8. The van der Waals surface area contributed by atoms with E-state index in [0.717, 1.165) is 4.90 Å². The number of carbonyl (C=O) groups is 2. The summed E-state index contributed by atoms with van der Waals surface area (Å²) < 4.78 is 30.9. The molecule has 2 aromatic carbocycles. The van der Waals surface area contributed by atoms with Gasteiger partial charge in [0, 0.05) is 14.7 Å². The summed E-state index contributed by atoms with van der Waals surface area (Å²) in [6, 6.07) is 11.2. The molecule has 1 heterocycles. The maximum atomic E-state index is 12.6. The van der Waals surface area contributed by atoms with Gasteiger partial charge in [0.2, 0.25) is 0 Å². The fraction of sp³-hybridized carbons (Fsp3) is 0.0667. The third-order valence-corrected chi connectivity index (χ3v) is 2.97. The van der Waals surface area contributed by atoms with Crippen LogP contribution in [0.5, 0.6) is 0 Å². The average Bonchev–Trinajstić information content (AvgIpc) is 2.61. The van der Waals surface area contributed by atoms with E-state index in [1.54, 1.807) is 24.3 Å². The summed E-state index contributed by atoms with van der Waals surface area (Å²) in [5.74, 6) is -0.766. The highest BCUT2D eigenvalue weighted by Crippen LogP contribution is 2.35. The maximum absolute atomic E-state index is 12.6. The second-order valence-electron chi connectivity index (χ2n) is 4.11. The lowest BCUT2D eigenvalue weighted by atomic mass is 10.0. The normalized spacial score (nSPS) is 18.9. The quantitative estimate of drug-likeness (QED) is 0.787. The molecule has 0 fully saturated rings. The predicted molar refractivity (Wildman–Crippen MR) is 72.6 cm³/mol. The molecule has 94 valence electrons. The number of ketones is 1. The highest BCUT2D eigenvalue weighted by molar-refractivity contribution is 6.11. The number of amides is 2. The van der Waals surface area contributed by atoms with Crippen LogP contribution in [0.15, 0.2) is 48.5 Å². The van der Waals surface area contributed by atoms with Gasteiger partial charge in [0.05, 0.1) is 11.4 Å². The Balaban J connectivity index is 2.39. The number of nitrogens with zero attached hydrogens (tertiary/aromatic N) is 1. The molecule has 0 aromatic heterocycles. The van der Waals surface area contributed by atoms with Gasteiger partial charge in [0.1, 0.15) is 0 Å². The third-order valence-electron chi connectivity index (χ3n) is 2.97. The van der Waals surface area contributed by atoms with E-state index in [1.807, 2.05) is 0 Å². The number of hydrogen-bond acceptors (Lipinski definition) is 2. The molecule has 4 heteroatoms. The second-order valence-corrected chi connectivity index (χ2v) is 4.11. The van der Waals surface area contributed by atoms with Gasteiger partial charge in [-0.2, -0.15) is 0 Å². The molecule has 19 heavy (non-hydrogen) atoms. The van der Waals surface area contributed by atoms with Crippen LogP contribution < -0.4 is 10.6 Å². The number of carbonyl (C=O) groups excluding carboxylic acids is 2. The summed E-state index contributed by atoms with van der Waals surface area (Å²) in [6.45, 7) is 0. The van der Waals surface area contributed by atoms with E-state index in [9.17, 15) is 9.59 Å². The van der Waals surface area contributed by atoms with Crippen LogP contribution in [0, 0.1) is 0 Å². The first kappa shape index (κ1) is 7.74. The van der Waals surface area contributed by atoms with Crippen LogP contribution >= 0.6 is 0 Å². The summed E-state index contributed by atoms with van der Waals surface area (Å²) >= 11 is 0. The van der Waals surface area contributed by atoms with Gasteiger partial charge >= 0.3 is 6.03 Å². The standard InChI is InChI=1S/C15H12N2O2/c16-15(19)17-12-7-3-1-5-10(12)9-14(18)11-6-2-4-8-13(11)17/h1-8H,9H2,(H2,16,19)/i9D2/hD2. The van der Waals surface area contributed by atoms with Crippen LogP contribution in [0.1, 0.15) is 18.7 Å². The summed E-state index contributed by atoms with van der Waals surface area (Å²) in [5, 5.41) is 0. The topological polar surface area (TPSA) is 63.4 Å². The summed E-state index contributed by atoms with van der Waals surface area (Å²) in [5.41, 5.74) is 0.255. The van der Waals surface area contributed by atoms with Gasteiger partial charge in [0.25, 0.3) is 0 Å². The van der Waals surface area contributed by atoms with Crippen LogP contribution in [0.4, 0.5) is 16.2 Å². The number of anilines is 2. The zero-order valence-corrected chi connectivity index (χ0v) is 9.83. The fourth-order valence-corrected chi connectivity index (χ4v) is 2.16. The number of fused-ring (bicyclic) bond motifs is 2. The maximum Gasteiger partial charge on any atom is 0.323 e. The van der Waals surface area contributed by atoms with Crippen LogP contribution in [-0.2, 0) is 6.37 Å². The van der Waals surface area contributed by atoms with E-state index >= 15 is 0 Å². The Kier molecular flexibility index (Phi) is 1.73. The number of nitrogens with two attached hydrogens (primary N) is 1. The first-order valence-electron chi connectivity index (χ1n) is 7.60. The number of hydrogen-bond donors (Lipinski definition) is 1. The van der Waals surface area contributed by atoms with E-state index in [4.69, 9.17) is 5.57 Å². The Morgan fingerprint density at radius 3 is 2.63 bits per heavy atom. The second kappa shape index (κ2) is 4.24. The van der Waals surface area contributed by atoms with Crippen molar-refractivity contribution in [2.75, 3.05) is 4.90 Å². The largest absolute Gasteiger partial charge is 0.351 e. The zero-order chi connectivity index (χ0) is 16.8. The van der Waals surface area contributed by atoms with Crippen molar-refractivity contribution >= 4 is 23.2 Å². The number of para-hydroxylation sites is 2. The molecule has 0 unspecified atom stereocenters. The van der Waals surface area contributed by atoms with Crippen molar-refractivity contribution in [2.45, 2.75) is 6.37 Å². The van der Waals surface area contributed by atoms with E-state index < -0.39 is 18.2 Å². The van der Waals surface area contributed by atoms with Crippen molar-refractivity contribution in [1.82, 2.24) is 0 Å². The first-order chi connectivity index (χ1) is 10.9. The van der Waals surface area contributed by atoms with Crippen LogP contribution in [-0.4, -0.2) is 11.8 Å². The third kappa shape index (κ3) is 1.78. The summed E-state index contributed by atoms with van der Waals surface area (Å²) in [6.07, 6.45) is -2.32. The molecular formula is C15H12N2O2. The van der Waals surface area contributed by atoms with E-state index in [-0.39, 0.29) is 28.2 Å². The van der Waals surface area contributed by atoms with Gasteiger partial charge in [-0.05, 0) is 23.8 Å². The van der Waals surface area contributed by atoms with Crippen LogP contribution in [0.25, 0.3) is 0 Å². The molecule has 4 nitrogen and oxygen atoms in total. The molecule has 2 amide bonds. The molecule has 3 rings (SSSR count). The molecule has 0 spiro atoms. The smallest absolute Gasteiger partial charge is 0.323 e. The number of Topliss-reactive ketones (excluding diaryl/α,β-unsaturated/α-hetero) is 1. The first-order valence-corrected chi connectivity index (χ1v) is 5.71. The van der Waals surface area contributed by atoms with Gasteiger partial charge in [-0.15, -0.1) is 0 Å². The van der Waals surface area contributed by atoms with Crippen molar-refractivity contribution in [2.24, 2.45) is 5.72 Å². The lowest BCUT2D eigenvalue weighted by molar-refractivity contribution is 0.0994. The van der Waals surface area contributed by atoms with Crippen molar-refractivity contribution < 1.29 is 15.2 Å². The molecule has 1 aliphatic heterocycles. The Hall–Kier alpha value is -2.62. The Morgan fingerprint density at radius 1 is 1.16 bits per heavy atom. The summed E-state index contributed by atoms with van der Waals surface area (Å²) in [4.78, 5) is 26.0. The van der Waals surface area contributed by atoms with Crippen LogP contribution in [0.3, 0.4) is 0 Å². The molecule has 0 saturated carbocycles. The Morgan fingerprint density at radius 2 is 1.84 bits per heavy atom. The molecule has 0 bridgehead atoms. The minimum Gasteiger partial charge on any atom is -0.351 e. The van der Waals surface area contributed by atoms with Gasteiger partial charge < -0.3 is 5.72 Å². The minimum absolute atomic E-state index is 0.0244. The molecular weight excluding hydrogens is 240 g/mol. The van der Waals surface area contributed by atoms with E-state index in [1.165, 1.54) is 24.3 Å². The molecule has 2 N–H and O–H groups in total. The number of rotatable bonds is 0. The molecule has 0 aliphatic carbocycles. The average molecular weight is 256 g/mol. The lowest BCUT2D eigenvalue weighted by Crippen LogP contribution is -2.32. The molecule has 0 atom stereocenters. The number of urea groups is 1. The van der Waals surface area contributed by atoms with Crippen molar-refractivity contribution in [3.05, 3.63) is 59.7 Å². The SMILES string of the molecule is [2H]N([2H])C(=O)N1c2ccccc2C(=O)C([2H])([2H])c2ccccc21. The van der Waals surface area contributed by atoms with Gasteiger partial charge in [0.15, 0.2) is 8.61 Å². The Bertz CT molecular complexity index is 808. The molecule has 0 saturated heterocycles. The number of benzene rings is 2. The fourth-order valence-electron chi connectivity index (χ4n) is 2.16. The van der Waals surface area contributed by atoms with Crippen molar-refractivity contribution in [1.29, 1.82) is 0 Å².